The zero-order valence-electron chi connectivity index (χ0n) is 10.8. The molecule has 0 amide bonds. The van der Waals surface area contributed by atoms with E-state index in [0.717, 1.165) is 26.6 Å². The van der Waals surface area contributed by atoms with Crippen LogP contribution in [0.15, 0.2) is 41.0 Å². The molecule has 0 saturated heterocycles. The number of hydrogen-bond donors (Lipinski definition) is 2. The lowest BCUT2D eigenvalue weighted by Crippen LogP contribution is -2.10. The summed E-state index contributed by atoms with van der Waals surface area (Å²) in [4.78, 5) is 13.3. The third kappa shape index (κ3) is 2.23. The molecule has 2 aromatic heterocycles. The maximum Gasteiger partial charge on any atom is 0.164 e. The number of halogens is 1. The quantitative estimate of drug-likeness (QED) is 0.558. The van der Waals surface area contributed by atoms with Gasteiger partial charge in [-0.25, -0.2) is 15.8 Å². The van der Waals surface area contributed by atoms with Crippen LogP contribution in [0.4, 0.5) is 5.82 Å². The summed E-state index contributed by atoms with van der Waals surface area (Å²) >= 11 is 3.53. The Morgan fingerprint density at radius 3 is 2.85 bits per heavy atom. The molecule has 0 atom stereocenters. The molecule has 20 heavy (non-hydrogen) atoms. The fourth-order valence-corrected chi connectivity index (χ4v) is 2.53. The second-order valence-electron chi connectivity index (χ2n) is 4.36. The highest BCUT2D eigenvalue weighted by Crippen LogP contribution is 2.30. The molecule has 0 aliphatic heterocycles. The van der Waals surface area contributed by atoms with Crippen molar-refractivity contribution in [3.63, 3.8) is 0 Å². The minimum atomic E-state index is 0.583. The molecule has 0 unspecified atom stereocenters. The van der Waals surface area contributed by atoms with E-state index in [1.54, 1.807) is 12.3 Å². The van der Waals surface area contributed by atoms with Gasteiger partial charge >= 0.3 is 0 Å². The average Bonchev–Trinajstić information content (AvgIpc) is 2.47. The van der Waals surface area contributed by atoms with Crippen molar-refractivity contribution in [1.82, 2.24) is 15.0 Å². The molecular formula is C14H12BrN5. The molecule has 0 spiro atoms. The van der Waals surface area contributed by atoms with Gasteiger partial charge in [-0.05, 0) is 25.1 Å². The molecule has 0 aliphatic rings. The first-order valence-electron chi connectivity index (χ1n) is 6.05. The molecule has 5 nitrogen and oxygen atoms in total. The highest BCUT2D eigenvalue weighted by atomic mass is 79.9. The van der Waals surface area contributed by atoms with Gasteiger partial charge in [0.2, 0.25) is 0 Å². The lowest BCUT2D eigenvalue weighted by atomic mass is 10.1. The maximum absolute atomic E-state index is 5.44. The number of pyridine rings is 1. The first kappa shape index (κ1) is 13.0. The smallest absolute Gasteiger partial charge is 0.164 e. The monoisotopic (exact) mass is 329 g/mol. The van der Waals surface area contributed by atoms with Gasteiger partial charge in [0.1, 0.15) is 5.82 Å². The van der Waals surface area contributed by atoms with E-state index in [0.29, 0.717) is 11.6 Å². The van der Waals surface area contributed by atoms with Gasteiger partial charge in [-0.2, -0.15) is 0 Å². The fourth-order valence-electron chi connectivity index (χ4n) is 2.08. The third-order valence-corrected chi connectivity index (χ3v) is 3.65. The Labute approximate surface area is 124 Å². The molecule has 1 aromatic carbocycles. The van der Waals surface area contributed by atoms with Crippen molar-refractivity contribution < 1.29 is 0 Å². The van der Waals surface area contributed by atoms with E-state index in [2.05, 4.69) is 36.3 Å². The Kier molecular flexibility index (Phi) is 3.33. The molecule has 0 aliphatic carbocycles. The molecule has 0 bridgehead atoms. The number of aromatic nitrogens is 3. The van der Waals surface area contributed by atoms with Crippen LogP contribution in [0.25, 0.3) is 22.3 Å². The van der Waals surface area contributed by atoms with Crippen LogP contribution >= 0.6 is 15.9 Å². The van der Waals surface area contributed by atoms with Gasteiger partial charge < -0.3 is 5.43 Å². The summed E-state index contributed by atoms with van der Waals surface area (Å²) in [5, 5.41) is 1.03. The van der Waals surface area contributed by atoms with Crippen LogP contribution in [0.3, 0.4) is 0 Å². The van der Waals surface area contributed by atoms with E-state index in [1.165, 1.54) is 0 Å². The number of rotatable bonds is 2. The Balaban J connectivity index is 2.30. The zero-order chi connectivity index (χ0) is 14.1. The number of benzene rings is 1. The maximum atomic E-state index is 5.44. The summed E-state index contributed by atoms with van der Waals surface area (Å²) in [6.45, 7) is 1.90. The predicted molar refractivity (Wildman–Crippen MR) is 83.0 cm³/mol. The van der Waals surface area contributed by atoms with Crippen LogP contribution in [-0.2, 0) is 0 Å². The average molecular weight is 330 g/mol. The summed E-state index contributed by atoms with van der Waals surface area (Å²) in [6, 6.07) is 9.63. The standard InChI is InChI=1S/C14H12BrN5/c1-8-7-12(20-16)19-14(18-8)10-4-5-11(15)9-3-2-6-17-13(9)10/h2-7H,16H2,1H3,(H,18,19,20). The van der Waals surface area contributed by atoms with Gasteiger partial charge in [0.25, 0.3) is 0 Å². The van der Waals surface area contributed by atoms with E-state index in [1.807, 2.05) is 31.2 Å². The van der Waals surface area contributed by atoms with Gasteiger partial charge in [0.15, 0.2) is 5.82 Å². The minimum Gasteiger partial charge on any atom is -0.308 e. The van der Waals surface area contributed by atoms with Crippen molar-refractivity contribution in [3.05, 3.63) is 46.7 Å². The number of aryl methyl sites for hydroxylation is 1. The Morgan fingerprint density at radius 2 is 2.05 bits per heavy atom. The molecule has 3 N–H and O–H groups in total. The number of nitrogen functional groups attached to an aromatic ring is 1. The van der Waals surface area contributed by atoms with Gasteiger partial charge in [-0.3, -0.25) is 4.98 Å². The minimum absolute atomic E-state index is 0.583. The number of anilines is 1. The van der Waals surface area contributed by atoms with Crippen molar-refractivity contribution in [3.8, 4) is 11.4 Å². The topological polar surface area (TPSA) is 76.7 Å². The zero-order valence-corrected chi connectivity index (χ0v) is 12.3. The Bertz CT molecular complexity index is 788. The lowest BCUT2D eigenvalue weighted by molar-refractivity contribution is 1.10. The van der Waals surface area contributed by atoms with Gasteiger partial charge in [0, 0.05) is 33.4 Å². The third-order valence-electron chi connectivity index (χ3n) is 2.96. The summed E-state index contributed by atoms with van der Waals surface area (Å²) in [5.74, 6) is 6.63. The molecule has 100 valence electrons. The van der Waals surface area contributed by atoms with Crippen molar-refractivity contribution in [2.75, 3.05) is 5.43 Å². The summed E-state index contributed by atoms with van der Waals surface area (Å²) in [7, 11) is 0. The highest BCUT2D eigenvalue weighted by molar-refractivity contribution is 9.10. The van der Waals surface area contributed by atoms with Gasteiger partial charge in [-0.15, -0.1) is 0 Å². The Hall–Kier alpha value is -2.05. The van der Waals surface area contributed by atoms with E-state index in [4.69, 9.17) is 5.84 Å². The van der Waals surface area contributed by atoms with Crippen molar-refractivity contribution >= 4 is 32.7 Å². The molecular weight excluding hydrogens is 318 g/mol. The number of fused-ring (bicyclic) bond motifs is 1. The van der Waals surface area contributed by atoms with Crippen molar-refractivity contribution in [2.24, 2.45) is 5.84 Å². The molecule has 6 heteroatoms. The van der Waals surface area contributed by atoms with Gasteiger partial charge in [0.05, 0.1) is 5.52 Å². The second kappa shape index (κ2) is 5.15. The normalized spacial score (nSPS) is 10.8. The van der Waals surface area contributed by atoms with Crippen LogP contribution in [-0.4, -0.2) is 15.0 Å². The second-order valence-corrected chi connectivity index (χ2v) is 5.21. The molecule has 2 heterocycles. The number of hydrazine groups is 1. The van der Waals surface area contributed by atoms with Crippen LogP contribution < -0.4 is 11.3 Å². The number of hydrogen-bond acceptors (Lipinski definition) is 5. The summed E-state index contributed by atoms with van der Waals surface area (Å²) in [5.41, 5.74) is 5.13. The van der Waals surface area contributed by atoms with E-state index in [-0.39, 0.29) is 0 Å². The van der Waals surface area contributed by atoms with Crippen LogP contribution in [0.1, 0.15) is 5.69 Å². The lowest BCUT2D eigenvalue weighted by Gasteiger charge is -2.08. The van der Waals surface area contributed by atoms with Crippen molar-refractivity contribution in [1.29, 1.82) is 0 Å². The SMILES string of the molecule is Cc1cc(NN)nc(-c2ccc(Br)c3cccnc23)n1. The predicted octanol–water partition coefficient (Wildman–Crippen LogP) is 3.05. The van der Waals surface area contributed by atoms with Crippen LogP contribution in [0.5, 0.6) is 0 Å². The largest absolute Gasteiger partial charge is 0.308 e. The first-order valence-corrected chi connectivity index (χ1v) is 6.84. The first-order chi connectivity index (χ1) is 9.69. The van der Waals surface area contributed by atoms with Gasteiger partial charge in [-0.1, -0.05) is 22.0 Å². The summed E-state index contributed by atoms with van der Waals surface area (Å²) in [6.07, 6.45) is 1.76. The van der Waals surface area contributed by atoms with E-state index in [9.17, 15) is 0 Å². The van der Waals surface area contributed by atoms with Crippen LogP contribution in [0, 0.1) is 6.92 Å². The molecule has 3 rings (SSSR count). The summed E-state index contributed by atoms with van der Waals surface area (Å²) < 4.78 is 0.995. The number of nitrogens with zero attached hydrogens (tertiary/aromatic N) is 3. The molecule has 0 radical (unpaired) electrons. The molecule has 0 saturated carbocycles. The van der Waals surface area contributed by atoms with Crippen LogP contribution in [0.2, 0.25) is 0 Å². The fraction of sp³-hybridized carbons (Fsp3) is 0.0714. The molecule has 0 fully saturated rings. The van der Waals surface area contributed by atoms with Crippen molar-refractivity contribution in [2.45, 2.75) is 6.92 Å². The Morgan fingerprint density at radius 1 is 1.20 bits per heavy atom. The number of nitrogens with two attached hydrogens (primary N) is 1. The highest BCUT2D eigenvalue weighted by Gasteiger charge is 2.11. The molecule has 3 aromatic rings. The van der Waals surface area contributed by atoms with E-state index >= 15 is 0 Å². The van der Waals surface area contributed by atoms with E-state index < -0.39 is 0 Å². The number of nitrogens with one attached hydrogen (secondary N) is 1.